The lowest BCUT2D eigenvalue weighted by atomic mass is 9.92. The number of nitrogens with one attached hydrogen (secondary N) is 1. The molecule has 1 aliphatic carbocycles. The van der Waals surface area contributed by atoms with E-state index in [-0.39, 0.29) is 11.3 Å². The van der Waals surface area contributed by atoms with Gasteiger partial charge in [-0.05, 0) is 30.7 Å². The second-order valence-electron chi connectivity index (χ2n) is 5.67. The number of nitrogen functional groups attached to an aromatic ring is 1. The van der Waals surface area contributed by atoms with E-state index in [1.807, 2.05) is 0 Å². The molecule has 1 aromatic heterocycles. The lowest BCUT2D eigenvalue weighted by Crippen LogP contribution is -2.20. The maximum Gasteiger partial charge on any atom is 0.337 e. The molecule has 1 heterocycles. The number of carboxylic acid groups (broad SMARTS) is 1. The molecule has 0 bridgehead atoms. The number of nitrogens with two attached hydrogens (primary N) is 1. The molecular weight excluding hydrogens is 230 g/mol. The number of anilines is 2. The Labute approximate surface area is 106 Å². The Hall–Kier alpha value is -1.78. The molecule has 2 rings (SSSR count). The predicted octanol–water partition coefficient (Wildman–Crippen LogP) is 2.35. The number of rotatable bonds is 3. The summed E-state index contributed by atoms with van der Waals surface area (Å²) in [5.41, 5.74) is 6.47. The predicted molar refractivity (Wildman–Crippen MR) is 70.7 cm³/mol. The number of pyridine rings is 1. The van der Waals surface area contributed by atoms with Crippen molar-refractivity contribution in [3.8, 4) is 0 Å². The summed E-state index contributed by atoms with van der Waals surface area (Å²) in [5, 5.41) is 12.3. The minimum Gasteiger partial charge on any atom is -0.478 e. The Balaban J connectivity index is 2.15. The van der Waals surface area contributed by atoms with Crippen molar-refractivity contribution >= 4 is 17.5 Å². The Morgan fingerprint density at radius 1 is 1.61 bits per heavy atom. The Kier molecular flexibility index (Phi) is 3.15. The Morgan fingerprint density at radius 3 is 2.89 bits per heavy atom. The third-order valence-electron chi connectivity index (χ3n) is 3.53. The van der Waals surface area contributed by atoms with E-state index in [9.17, 15) is 4.79 Å². The maximum atomic E-state index is 11.0. The zero-order valence-corrected chi connectivity index (χ0v) is 10.7. The summed E-state index contributed by atoms with van der Waals surface area (Å²) in [5.74, 6) is -0.540. The van der Waals surface area contributed by atoms with Gasteiger partial charge in [-0.1, -0.05) is 13.8 Å². The minimum atomic E-state index is -1.02. The molecule has 0 radical (unpaired) electrons. The molecule has 0 saturated heterocycles. The minimum absolute atomic E-state index is 0.102. The quantitative estimate of drug-likeness (QED) is 0.765. The standard InChI is InChI=1S/C13H19N3O2/c1-13(2)5-3-8(7-13)16-11-10(14)9(12(17)18)4-6-15-11/h4,6,8H,3,5,7,14H2,1-2H3,(H,15,16)(H,17,18). The summed E-state index contributed by atoms with van der Waals surface area (Å²) in [4.78, 5) is 15.1. The second kappa shape index (κ2) is 4.48. The van der Waals surface area contributed by atoms with E-state index in [1.54, 1.807) is 0 Å². The number of hydrogen-bond acceptors (Lipinski definition) is 4. The SMILES string of the molecule is CC1(C)CCC(Nc2nccc(C(=O)O)c2N)C1. The maximum absolute atomic E-state index is 11.0. The third kappa shape index (κ3) is 2.55. The summed E-state index contributed by atoms with van der Waals surface area (Å²) < 4.78 is 0. The van der Waals surface area contributed by atoms with Gasteiger partial charge in [0, 0.05) is 12.2 Å². The van der Waals surface area contributed by atoms with Gasteiger partial charge in [0.25, 0.3) is 0 Å². The topological polar surface area (TPSA) is 88.2 Å². The van der Waals surface area contributed by atoms with Gasteiger partial charge in [0.2, 0.25) is 0 Å². The zero-order valence-electron chi connectivity index (χ0n) is 10.7. The highest BCUT2D eigenvalue weighted by Gasteiger charge is 2.31. The number of carboxylic acids is 1. The number of carbonyl (C=O) groups is 1. The first kappa shape index (κ1) is 12.7. The highest BCUT2D eigenvalue weighted by Crippen LogP contribution is 2.38. The first-order valence-electron chi connectivity index (χ1n) is 6.13. The largest absolute Gasteiger partial charge is 0.478 e. The third-order valence-corrected chi connectivity index (χ3v) is 3.53. The second-order valence-corrected chi connectivity index (χ2v) is 5.67. The fourth-order valence-electron chi connectivity index (χ4n) is 2.53. The monoisotopic (exact) mass is 249 g/mol. The summed E-state index contributed by atoms with van der Waals surface area (Å²) >= 11 is 0. The molecule has 0 amide bonds. The van der Waals surface area contributed by atoms with Crippen molar-refractivity contribution in [2.24, 2.45) is 5.41 Å². The van der Waals surface area contributed by atoms with E-state index in [2.05, 4.69) is 24.1 Å². The molecule has 0 spiro atoms. The summed E-state index contributed by atoms with van der Waals surface area (Å²) in [6, 6.07) is 1.74. The summed E-state index contributed by atoms with van der Waals surface area (Å²) in [6.45, 7) is 4.47. The van der Waals surface area contributed by atoms with Gasteiger partial charge in [0.15, 0.2) is 0 Å². The van der Waals surface area contributed by atoms with Crippen molar-refractivity contribution in [1.82, 2.24) is 4.98 Å². The lowest BCUT2D eigenvalue weighted by molar-refractivity contribution is 0.0698. The van der Waals surface area contributed by atoms with Crippen molar-refractivity contribution in [2.45, 2.75) is 39.2 Å². The number of aromatic carboxylic acids is 1. The van der Waals surface area contributed by atoms with Crippen LogP contribution in [0.25, 0.3) is 0 Å². The zero-order chi connectivity index (χ0) is 13.3. The van der Waals surface area contributed by atoms with Gasteiger partial charge in [-0.15, -0.1) is 0 Å². The highest BCUT2D eigenvalue weighted by molar-refractivity contribution is 5.96. The highest BCUT2D eigenvalue weighted by atomic mass is 16.4. The first-order valence-corrected chi connectivity index (χ1v) is 6.13. The van der Waals surface area contributed by atoms with Crippen LogP contribution in [0, 0.1) is 5.41 Å². The van der Waals surface area contributed by atoms with E-state index in [4.69, 9.17) is 10.8 Å². The number of aromatic nitrogens is 1. The van der Waals surface area contributed by atoms with E-state index >= 15 is 0 Å². The van der Waals surface area contributed by atoms with Crippen LogP contribution in [0.2, 0.25) is 0 Å². The average Bonchev–Trinajstić information content (AvgIpc) is 2.61. The van der Waals surface area contributed by atoms with Gasteiger partial charge in [-0.3, -0.25) is 0 Å². The molecule has 1 aliphatic rings. The molecule has 0 aliphatic heterocycles. The van der Waals surface area contributed by atoms with Crippen LogP contribution in [0.5, 0.6) is 0 Å². The summed E-state index contributed by atoms with van der Waals surface area (Å²) in [6.07, 6.45) is 4.74. The van der Waals surface area contributed by atoms with Crippen LogP contribution in [0.4, 0.5) is 11.5 Å². The van der Waals surface area contributed by atoms with Gasteiger partial charge < -0.3 is 16.2 Å². The van der Waals surface area contributed by atoms with Crippen LogP contribution in [0.1, 0.15) is 43.5 Å². The first-order chi connectivity index (χ1) is 8.39. The van der Waals surface area contributed by atoms with Crippen LogP contribution >= 0.6 is 0 Å². The lowest BCUT2D eigenvalue weighted by Gasteiger charge is -2.19. The molecule has 4 N–H and O–H groups in total. The van der Waals surface area contributed by atoms with Crippen LogP contribution in [0.3, 0.4) is 0 Å². The fourth-order valence-corrected chi connectivity index (χ4v) is 2.53. The normalized spacial score (nSPS) is 21.8. The van der Waals surface area contributed by atoms with Crippen molar-refractivity contribution in [2.75, 3.05) is 11.1 Å². The molecule has 1 saturated carbocycles. The molecule has 1 aromatic rings. The molecule has 1 atom stereocenters. The van der Waals surface area contributed by atoms with Gasteiger partial charge in [0.1, 0.15) is 5.82 Å². The molecule has 18 heavy (non-hydrogen) atoms. The molecule has 1 fully saturated rings. The smallest absolute Gasteiger partial charge is 0.337 e. The molecule has 5 heteroatoms. The van der Waals surface area contributed by atoms with Gasteiger partial charge in [0.05, 0.1) is 11.3 Å². The van der Waals surface area contributed by atoms with Crippen molar-refractivity contribution in [1.29, 1.82) is 0 Å². The van der Waals surface area contributed by atoms with Crippen molar-refractivity contribution < 1.29 is 9.90 Å². The van der Waals surface area contributed by atoms with E-state index in [1.165, 1.54) is 12.3 Å². The number of nitrogens with zero attached hydrogens (tertiary/aromatic N) is 1. The van der Waals surface area contributed by atoms with Crippen LogP contribution in [-0.2, 0) is 0 Å². The van der Waals surface area contributed by atoms with Crippen LogP contribution in [-0.4, -0.2) is 22.1 Å². The van der Waals surface area contributed by atoms with Crippen molar-refractivity contribution in [3.05, 3.63) is 17.8 Å². The molecule has 0 aromatic carbocycles. The van der Waals surface area contributed by atoms with Crippen LogP contribution in [0.15, 0.2) is 12.3 Å². The van der Waals surface area contributed by atoms with Gasteiger partial charge >= 0.3 is 5.97 Å². The molecule has 1 unspecified atom stereocenters. The van der Waals surface area contributed by atoms with Crippen molar-refractivity contribution in [3.63, 3.8) is 0 Å². The summed E-state index contributed by atoms with van der Waals surface area (Å²) in [7, 11) is 0. The fraction of sp³-hybridized carbons (Fsp3) is 0.538. The van der Waals surface area contributed by atoms with Gasteiger partial charge in [-0.25, -0.2) is 9.78 Å². The Bertz CT molecular complexity index is 471. The van der Waals surface area contributed by atoms with E-state index in [0.717, 1.165) is 19.3 Å². The van der Waals surface area contributed by atoms with Crippen LogP contribution < -0.4 is 11.1 Å². The molecular formula is C13H19N3O2. The molecule has 5 nitrogen and oxygen atoms in total. The number of hydrogen-bond donors (Lipinski definition) is 3. The van der Waals surface area contributed by atoms with E-state index in [0.29, 0.717) is 17.3 Å². The van der Waals surface area contributed by atoms with E-state index < -0.39 is 5.97 Å². The average molecular weight is 249 g/mol. The van der Waals surface area contributed by atoms with Gasteiger partial charge in [-0.2, -0.15) is 0 Å². The Morgan fingerprint density at radius 2 is 2.33 bits per heavy atom. The molecule has 98 valence electrons.